The van der Waals surface area contributed by atoms with E-state index in [1.165, 1.54) is 22.8 Å². The first-order valence-electron chi connectivity index (χ1n) is 6.24. The number of benzene rings is 1. The van der Waals surface area contributed by atoms with Crippen molar-refractivity contribution in [2.75, 3.05) is 0 Å². The summed E-state index contributed by atoms with van der Waals surface area (Å²) < 4.78 is 1.66. The summed E-state index contributed by atoms with van der Waals surface area (Å²) in [6, 6.07) is 3.29. The van der Waals surface area contributed by atoms with Gasteiger partial charge in [-0.3, -0.25) is 10.1 Å². The smallest absolute Gasteiger partial charge is 0.327 e. The number of non-ortho nitro benzene ring substituents is 1. The lowest BCUT2D eigenvalue weighted by Crippen LogP contribution is -2.31. The zero-order valence-electron chi connectivity index (χ0n) is 11.8. The molecule has 1 aromatic heterocycles. The van der Waals surface area contributed by atoms with Gasteiger partial charge in [-0.1, -0.05) is 20.8 Å². The van der Waals surface area contributed by atoms with E-state index in [0.717, 1.165) is 0 Å². The highest BCUT2D eigenvalue weighted by Crippen LogP contribution is 2.34. The molecule has 7 nitrogen and oxygen atoms in total. The van der Waals surface area contributed by atoms with Crippen molar-refractivity contribution in [1.82, 2.24) is 9.55 Å². The molecule has 112 valence electrons. The molecule has 1 atom stereocenters. The molecule has 2 rings (SSSR count). The second kappa shape index (κ2) is 4.96. The first-order chi connectivity index (χ1) is 9.62. The Labute approximate surface area is 125 Å². The van der Waals surface area contributed by atoms with Gasteiger partial charge in [0.05, 0.1) is 16.0 Å². The summed E-state index contributed by atoms with van der Waals surface area (Å²) in [6.45, 7) is 5.34. The van der Waals surface area contributed by atoms with E-state index in [1.54, 1.807) is 20.8 Å². The standard InChI is InChI=1S/C13H15N3O4S/c1-13(2,3)10(11(17)18)15-9-6-7(16(19)20)4-5-8(9)14-12(15)21/h4-6,10H,1-3H3,(H,14,21)(H,17,18). The normalized spacial score (nSPS) is 13.3. The molecule has 0 saturated carbocycles. The third-order valence-electron chi connectivity index (χ3n) is 3.22. The van der Waals surface area contributed by atoms with Crippen LogP contribution in [0, 0.1) is 20.3 Å². The van der Waals surface area contributed by atoms with Gasteiger partial charge in [0.25, 0.3) is 5.69 Å². The van der Waals surface area contributed by atoms with Crippen LogP contribution < -0.4 is 0 Å². The number of carbonyl (C=O) groups is 1. The predicted molar refractivity (Wildman–Crippen MR) is 79.9 cm³/mol. The van der Waals surface area contributed by atoms with Gasteiger partial charge < -0.3 is 14.7 Å². The third-order valence-corrected chi connectivity index (χ3v) is 3.52. The second-order valence-electron chi connectivity index (χ2n) is 5.87. The Balaban J connectivity index is 2.81. The van der Waals surface area contributed by atoms with E-state index < -0.39 is 22.3 Å². The van der Waals surface area contributed by atoms with E-state index in [2.05, 4.69) is 4.98 Å². The molecule has 1 heterocycles. The molecular formula is C13H15N3O4S. The summed E-state index contributed by atoms with van der Waals surface area (Å²) in [4.78, 5) is 24.9. The van der Waals surface area contributed by atoms with Gasteiger partial charge in [-0.2, -0.15) is 0 Å². The monoisotopic (exact) mass is 309 g/mol. The quantitative estimate of drug-likeness (QED) is 0.514. The number of rotatable bonds is 3. The number of nitro benzene ring substituents is 1. The Kier molecular flexibility index (Phi) is 3.58. The number of fused-ring (bicyclic) bond motifs is 1. The highest BCUT2D eigenvalue weighted by atomic mass is 32.1. The maximum absolute atomic E-state index is 11.6. The number of hydrogen-bond donors (Lipinski definition) is 2. The first-order valence-corrected chi connectivity index (χ1v) is 6.65. The van der Waals surface area contributed by atoms with Crippen molar-refractivity contribution >= 4 is 34.9 Å². The molecule has 21 heavy (non-hydrogen) atoms. The number of aromatic amines is 1. The number of nitrogens with zero attached hydrogens (tertiary/aromatic N) is 2. The van der Waals surface area contributed by atoms with E-state index in [1.807, 2.05) is 0 Å². The van der Waals surface area contributed by atoms with Crippen LogP contribution in [-0.4, -0.2) is 25.6 Å². The van der Waals surface area contributed by atoms with Crippen molar-refractivity contribution in [3.05, 3.63) is 33.1 Å². The van der Waals surface area contributed by atoms with Crippen LogP contribution in [0.1, 0.15) is 26.8 Å². The molecule has 0 spiro atoms. The fourth-order valence-electron chi connectivity index (χ4n) is 2.35. The van der Waals surface area contributed by atoms with E-state index in [-0.39, 0.29) is 10.5 Å². The summed E-state index contributed by atoms with van der Waals surface area (Å²) in [6.07, 6.45) is 0. The Morgan fingerprint density at radius 2 is 2.10 bits per heavy atom. The van der Waals surface area contributed by atoms with E-state index >= 15 is 0 Å². The van der Waals surface area contributed by atoms with Gasteiger partial charge in [0.1, 0.15) is 6.04 Å². The Morgan fingerprint density at radius 1 is 1.48 bits per heavy atom. The maximum Gasteiger partial charge on any atom is 0.327 e. The first kappa shape index (κ1) is 15.2. The fraction of sp³-hybridized carbons (Fsp3) is 0.385. The zero-order valence-corrected chi connectivity index (χ0v) is 12.6. The predicted octanol–water partition coefficient (Wildman–Crippen LogP) is 3.28. The van der Waals surface area contributed by atoms with Crippen LogP contribution >= 0.6 is 12.2 Å². The summed E-state index contributed by atoms with van der Waals surface area (Å²) >= 11 is 5.20. The molecular weight excluding hydrogens is 294 g/mol. The number of carboxylic acid groups (broad SMARTS) is 1. The van der Waals surface area contributed by atoms with E-state index in [9.17, 15) is 20.0 Å². The summed E-state index contributed by atoms with van der Waals surface area (Å²) in [7, 11) is 0. The molecule has 0 amide bonds. The molecule has 1 unspecified atom stereocenters. The van der Waals surface area contributed by atoms with Gasteiger partial charge in [-0.25, -0.2) is 4.79 Å². The van der Waals surface area contributed by atoms with Crippen molar-refractivity contribution in [3.63, 3.8) is 0 Å². The molecule has 0 aliphatic rings. The Bertz CT molecular complexity index is 785. The minimum atomic E-state index is -1.04. The van der Waals surface area contributed by atoms with E-state index in [0.29, 0.717) is 11.0 Å². The molecule has 8 heteroatoms. The van der Waals surface area contributed by atoms with Crippen molar-refractivity contribution in [1.29, 1.82) is 0 Å². The highest BCUT2D eigenvalue weighted by Gasteiger charge is 2.34. The lowest BCUT2D eigenvalue weighted by Gasteiger charge is -2.28. The lowest BCUT2D eigenvalue weighted by molar-refractivity contribution is -0.384. The highest BCUT2D eigenvalue weighted by molar-refractivity contribution is 7.71. The number of aliphatic carboxylic acids is 1. The molecule has 0 aliphatic carbocycles. The minimum absolute atomic E-state index is 0.108. The summed E-state index contributed by atoms with van der Waals surface area (Å²) in [5.41, 5.74) is 0.269. The molecule has 0 saturated heterocycles. The van der Waals surface area contributed by atoms with Crippen molar-refractivity contribution < 1.29 is 14.8 Å². The van der Waals surface area contributed by atoms with Crippen LogP contribution in [0.4, 0.5) is 5.69 Å². The molecule has 2 N–H and O–H groups in total. The minimum Gasteiger partial charge on any atom is -0.480 e. The van der Waals surface area contributed by atoms with Crippen molar-refractivity contribution in [2.45, 2.75) is 26.8 Å². The van der Waals surface area contributed by atoms with Crippen LogP contribution in [0.3, 0.4) is 0 Å². The number of H-pyrrole nitrogens is 1. The number of imidazole rings is 1. The number of nitro groups is 1. The topological polar surface area (TPSA) is 101 Å². The fourth-order valence-corrected chi connectivity index (χ4v) is 2.66. The van der Waals surface area contributed by atoms with Gasteiger partial charge in [-0.05, 0) is 23.7 Å². The third kappa shape index (κ3) is 2.66. The lowest BCUT2D eigenvalue weighted by atomic mass is 9.86. The van der Waals surface area contributed by atoms with E-state index in [4.69, 9.17) is 12.2 Å². The molecule has 0 fully saturated rings. The molecule has 2 aromatic rings. The number of nitrogens with one attached hydrogen (secondary N) is 1. The average Bonchev–Trinajstić information content (AvgIpc) is 2.63. The van der Waals surface area contributed by atoms with Crippen LogP contribution in [0.15, 0.2) is 18.2 Å². The number of aromatic nitrogens is 2. The number of hydrogen-bond acceptors (Lipinski definition) is 4. The Morgan fingerprint density at radius 3 is 2.57 bits per heavy atom. The molecule has 0 radical (unpaired) electrons. The summed E-state index contributed by atoms with van der Waals surface area (Å²) in [5.74, 6) is -1.04. The van der Waals surface area contributed by atoms with Gasteiger partial charge in [0, 0.05) is 12.1 Å². The Hall–Kier alpha value is -2.22. The molecule has 0 aliphatic heterocycles. The largest absolute Gasteiger partial charge is 0.480 e. The van der Waals surface area contributed by atoms with Crippen LogP contribution in [-0.2, 0) is 4.79 Å². The summed E-state index contributed by atoms with van der Waals surface area (Å²) in [5, 5.41) is 20.4. The van der Waals surface area contributed by atoms with Gasteiger partial charge in [-0.15, -0.1) is 0 Å². The van der Waals surface area contributed by atoms with Crippen molar-refractivity contribution in [3.8, 4) is 0 Å². The average molecular weight is 309 g/mol. The van der Waals surface area contributed by atoms with Crippen LogP contribution in [0.2, 0.25) is 0 Å². The maximum atomic E-state index is 11.6. The molecule has 0 bridgehead atoms. The van der Waals surface area contributed by atoms with Gasteiger partial charge in [0.2, 0.25) is 0 Å². The zero-order chi connectivity index (χ0) is 15.9. The second-order valence-corrected chi connectivity index (χ2v) is 6.25. The number of carboxylic acids is 1. The molecule has 1 aromatic carbocycles. The van der Waals surface area contributed by atoms with Gasteiger partial charge in [0.15, 0.2) is 4.77 Å². The van der Waals surface area contributed by atoms with Gasteiger partial charge >= 0.3 is 5.97 Å². The van der Waals surface area contributed by atoms with Crippen LogP contribution in [0.5, 0.6) is 0 Å². The SMILES string of the molecule is CC(C)(C)C(C(=O)O)n1c(=S)[nH]c2ccc([N+](=O)[O-])cc21. The van der Waals surface area contributed by atoms with Crippen LogP contribution in [0.25, 0.3) is 11.0 Å². The van der Waals surface area contributed by atoms with Crippen molar-refractivity contribution in [2.24, 2.45) is 5.41 Å².